The van der Waals surface area contributed by atoms with Crippen LogP contribution >= 0.6 is 11.6 Å². The van der Waals surface area contributed by atoms with Crippen LogP contribution in [0.3, 0.4) is 0 Å². The van der Waals surface area contributed by atoms with Crippen LogP contribution in [0.4, 0.5) is 0 Å². The van der Waals surface area contributed by atoms with Crippen LogP contribution in [0.2, 0.25) is 5.02 Å². The van der Waals surface area contributed by atoms with E-state index in [1.54, 1.807) is 0 Å². The summed E-state index contributed by atoms with van der Waals surface area (Å²) in [6, 6.07) is 8.50. The van der Waals surface area contributed by atoms with Crippen LogP contribution in [0.25, 0.3) is 0 Å². The van der Waals surface area contributed by atoms with Gasteiger partial charge in [0.15, 0.2) is 11.8 Å². The average Bonchev–Trinajstić information content (AvgIpc) is 3.21. The van der Waals surface area contributed by atoms with Gasteiger partial charge in [-0.25, -0.2) is 9.67 Å². The fourth-order valence-electron chi connectivity index (χ4n) is 4.47. The van der Waals surface area contributed by atoms with Gasteiger partial charge in [0.25, 0.3) is 0 Å². The molecular formula is C23H34ClN7. The monoisotopic (exact) mass is 443 g/mol. The predicted molar refractivity (Wildman–Crippen MR) is 125 cm³/mol. The number of nitrogens with one attached hydrogen (secondary N) is 2. The van der Waals surface area contributed by atoms with Gasteiger partial charge in [-0.05, 0) is 49.9 Å². The highest BCUT2D eigenvalue weighted by Gasteiger charge is 2.23. The minimum Gasteiger partial charge on any atom is -0.356 e. The molecular weight excluding hydrogens is 410 g/mol. The number of aromatic nitrogens is 3. The lowest BCUT2D eigenvalue weighted by atomic mass is 9.96. The number of guanidine groups is 1. The first-order valence-corrected chi connectivity index (χ1v) is 11.9. The quantitative estimate of drug-likeness (QED) is 0.530. The van der Waals surface area contributed by atoms with Crippen molar-refractivity contribution in [3.05, 3.63) is 46.5 Å². The highest BCUT2D eigenvalue weighted by atomic mass is 35.5. The molecule has 1 atom stereocenters. The fourth-order valence-corrected chi connectivity index (χ4v) is 4.67. The summed E-state index contributed by atoms with van der Waals surface area (Å²) in [6.07, 6.45) is 5.30. The van der Waals surface area contributed by atoms with Crippen molar-refractivity contribution in [3.8, 4) is 0 Å². The zero-order valence-corrected chi connectivity index (χ0v) is 19.4. The van der Waals surface area contributed by atoms with Crippen molar-refractivity contribution in [2.24, 2.45) is 10.9 Å². The Morgan fingerprint density at radius 3 is 2.77 bits per heavy atom. The zero-order chi connectivity index (χ0) is 21.6. The van der Waals surface area contributed by atoms with E-state index in [0.717, 1.165) is 74.6 Å². The predicted octanol–water partition coefficient (Wildman–Crippen LogP) is 2.89. The van der Waals surface area contributed by atoms with Gasteiger partial charge in [-0.3, -0.25) is 9.89 Å². The molecule has 0 radical (unpaired) electrons. The van der Waals surface area contributed by atoms with E-state index < -0.39 is 0 Å². The van der Waals surface area contributed by atoms with Crippen molar-refractivity contribution < 1.29 is 0 Å². The molecule has 2 aliphatic heterocycles. The number of nitrogens with zero attached hydrogens (tertiary/aromatic N) is 5. The number of hydrogen-bond acceptors (Lipinski definition) is 4. The standard InChI is InChI=1S/C23H34ClN7/c1-3-21-28-22-9-8-19(16-31(22)29-21)27-23(25-2)26-14-17-10-12-30(13-11-17)15-18-6-4-5-7-20(18)24/h4-7,17,19H,3,8-16H2,1-2H3,(H2,25,26,27). The van der Waals surface area contributed by atoms with Gasteiger partial charge >= 0.3 is 0 Å². The second-order valence-corrected chi connectivity index (χ2v) is 9.03. The molecule has 1 unspecified atom stereocenters. The third kappa shape index (κ3) is 5.77. The molecule has 4 rings (SSSR count). The lowest BCUT2D eigenvalue weighted by Gasteiger charge is -2.33. The van der Waals surface area contributed by atoms with Crippen LogP contribution in [0.15, 0.2) is 29.3 Å². The van der Waals surface area contributed by atoms with Crippen LogP contribution in [0.5, 0.6) is 0 Å². The number of aliphatic imine (C=N–C) groups is 1. The van der Waals surface area contributed by atoms with Crippen molar-refractivity contribution in [2.75, 3.05) is 26.7 Å². The Kier molecular flexibility index (Phi) is 7.45. The number of rotatable bonds is 6. The number of likely N-dealkylation sites (tertiary alicyclic amines) is 1. The lowest BCUT2D eigenvalue weighted by Crippen LogP contribution is -2.48. The van der Waals surface area contributed by atoms with E-state index >= 15 is 0 Å². The van der Waals surface area contributed by atoms with Gasteiger partial charge < -0.3 is 10.6 Å². The number of halogens is 1. The first-order chi connectivity index (χ1) is 15.1. The average molecular weight is 444 g/mol. The maximum absolute atomic E-state index is 6.32. The number of hydrogen-bond donors (Lipinski definition) is 2. The molecule has 1 fully saturated rings. The van der Waals surface area contributed by atoms with E-state index in [2.05, 4.69) is 54.3 Å². The van der Waals surface area contributed by atoms with Gasteiger partial charge in [-0.2, -0.15) is 5.10 Å². The number of benzene rings is 1. The Morgan fingerprint density at radius 1 is 1.23 bits per heavy atom. The number of aryl methyl sites for hydroxylation is 2. The summed E-state index contributed by atoms with van der Waals surface area (Å²) in [5.41, 5.74) is 1.22. The molecule has 168 valence electrons. The minimum absolute atomic E-state index is 0.336. The molecule has 1 saturated heterocycles. The summed E-state index contributed by atoms with van der Waals surface area (Å²) in [5, 5.41) is 12.6. The molecule has 2 N–H and O–H groups in total. The highest BCUT2D eigenvalue weighted by Crippen LogP contribution is 2.22. The molecule has 1 aromatic carbocycles. The van der Waals surface area contributed by atoms with Crippen LogP contribution < -0.4 is 10.6 Å². The molecule has 0 amide bonds. The van der Waals surface area contributed by atoms with Crippen LogP contribution in [0, 0.1) is 5.92 Å². The molecule has 1 aromatic heterocycles. The fraction of sp³-hybridized carbons (Fsp3) is 0.609. The molecule has 2 aromatic rings. The van der Waals surface area contributed by atoms with E-state index in [4.69, 9.17) is 11.6 Å². The van der Waals surface area contributed by atoms with E-state index in [1.165, 1.54) is 18.4 Å². The van der Waals surface area contributed by atoms with E-state index in [1.807, 2.05) is 19.2 Å². The second kappa shape index (κ2) is 10.5. The van der Waals surface area contributed by atoms with E-state index in [-0.39, 0.29) is 0 Å². The smallest absolute Gasteiger partial charge is 0.191 e. The lowest BCUT2D eigenvalue weighted by molar-refractivity contribution is 0.178. The van der Waals surface area contributed by atoms with Crippen molar-refractivity contribution in [1.82, 2.24) is 30.3 Å². The van der Waals surface area contributed by atoms with Crippen LogP contribution in [-0.2, 0) is 25.9 Å². The van der Waals surface area contributed by atoms with Gasteiger partial charge in [0.1, 0.15) is 5.82 Å². The molecule has 31 heavy (non-hydrogen) atoms. The third-order valence-corrected chi connectivity index (χ3v) is 6.77. The SMILES string of the molecule is CCc1nc2n(n1)CC(NC(=NC)NCC1CCN(Cc3ccccc3Cl)CC1)CC2. The molecule has 0 spiro atoms. The van der Waals surface area contributed by atoms with Crippen molar-refractivity contribution >= 4 is 17.6 Å². The molecule has 2 aliphatic rings. The topological polar surface area (TPSA) is 70.4 Å². The van der Waals surface area contributed by atoms with Crippen LogP contribution in [0.1, 0.15) is 43.4 Å². The Hall–Kier alpha value is -2.12. The molecule has 0 saturated carbocycles. The van der Waals surface area contributed by atoms with Crippen LogP contribution in [-0.4, -0.2) is 58.3 Å². The normalized spacial score (nSPS) is 20.5. The van der Waals surface area contributed by atoms with Crippen molar-refractivity contribution in [2.45, 2.75) is 58.2 Å². The Morgan fingerprint density at radius 2 is 2.03 bits per heavy atom. The Balaban J connectivity index is 1.20. The summed E-state index contributed by atoms with van der Waals surface area (Å²) >= 11 is 6.32. The van der Waals surface area contributed by atoms with Crippen molar-refractivity contribution in [3.63, 3.8) is 0 Å². The summed E-state index contributed by atoms with van der Waals surface area (Å²) < 4.78 is 2.06. The zero-order valence-electron chi connectivity index (χ0n) is 18.6. The minimum atomic E-state index is 0.336. The van der Waals surface area contributed by atoms with E-state index in [0.29, 0.717) is 12.0 Å². The molecule has 0 aliphatic carbocycles. The summed E-state index contributed by atoms with van der Waals surface area (Å²) in [4.78, 5) is 11.6. The van der Waals surface area contributed by atoms with Gasteiger partial charge in [-0.1, -0.05) is 36.7 Å². The van der Waals surface area contributed by atoms with Gasteiger partial charge in [0.05, 0.1) is 6.54 Å². The third-order valence-electron chi connectivity index (χ3n) is 6.40. The van der Waals surface area contributed by atoms with Gasteiger partial charge in [0.2, 0.25) is 0 Å². The highest BCUT2D eigenvalue weighted by molar-refractivity contribution is 6.31. The largest absolute Gasteiger partial charge is 0.356 e. The van der Waals surface area contributed by atoms with Crippen molar-refractivity contribution in [1.29, 1.82) is 0 Å². The van der Waals surface area contributed by atoms with Gasteiger partial charge in [-0.15, -0.1) is 0 Å². The number of piperidine rings is 1. The summed E-state index contributed by atoms with van der Waals surface area (Å²) in [5.74, 6) is 3.62. The maximum atomic E-state index is 6.32. The van der Waals surface area contributed by atoms with Gasteiger partial charge in [0, 0.05) is 44.0 Å². The Bertz CT molecular complexity index is 886. The van der Waals surface area contributed by atoms with E-state index in [9.17, 15) is 0 Å². The first-order valence-electron chi connectivity index (χ1n) is 11.5. The maximum Gasteiger partial charge on any atom is 0.191 e. The summed E-state index contributed by atoms with van der Waals surface area (Å²) in [6.45, 7) is 7.07. The Labute approximate surface area is 190 Å². The number of fused-ring (bicyclic) bond motifs is 1. The molecule has 8 heteroatoms. The second-order valence-electron chi connectivity index (χ2n) is 8.62. The summed E-state index contributed by atoms with van der Waals surface area (Å²) in [7, 11) is 1.85. The molecule has 3 heterocycles. The first kappa shape index (κ1) is 22.1. The molecule has 7 nitrogen and oxygen atoms in total. The molecule has 0 bridgehead atoms.